The average Bonchev–Trinajstić information content (AvgIpc) is 3.09. The van der Waals surface area contributed by atoms with Crippen LogP contribution in [0.5, 0.6) is 0 Å². The van der Waals surface area contributed by atoms with Gasteiger partial charge in [-0.25, -0.2) is 0 Å². The van der Waals surface area contributed by atoms with E-state index in [2.05, 4.69) is 31.0 Å². The molecule has 0 amide bonds. The number of likely N-dealkylation sites (tertiary alicyclic amines) is 1. The van der Waals surface area contributed by atoms with E-state index in [1.165, 1.54) is 45.3 Å². The van der Waals surface area contributed by atoms with E-state index in [9.17, 15) is 0 Å². The molecule has 1 saturated heterocycles. The lowest BCUT2D eigenvalue weighted by molar-refractivity contribution is 0.130. The Morgan fingerprint density at radius 3 is 2.56 bits per heavy atom. The Balaban J connectivity index is 1.81. The first-order chi connectivity index (χ1) is 7.69. The fourth-order valence-corrected chi connectivity index (χ4v) is 2.82. The van der Waals surface area contributed by atoms with Crippen molar-refractivity contribution in [3.8, 4) is 0 Å². The third-order valence-electron chi connectivity index (χ3n) is 4.02. The second-order valence-corrected chi connectivity index (χ2v) is 6.19. The number of rotatable bonds is 5. The van der Waals surface area contributed by atoms with Gasteiger partial charge in [0.1, 0.15) is 0 Å². The first-order valence-corrected chi connectivity index (χ1v) is 7.16. The minimum absolute atomic E-state index is 0.752. The zero-order valence-electron chi connectivity index (χ0n) is 11.2. The molecular formula is C14H28N2. The quantitative estimate of drug-likeness (QED) is 0.772. The molecule has 1 heterocycles. The van der Waals surface area contributed by atoms with Crippen LogP contribution in [0, 0.1) is 11.8 Å². The minimum Gasteiger partial charge on any atom is -0.312 e. The van der Waals surface area contributed by atoms with Gasteiger partial charge in [-0.3, -0.25) is 4.90 Å². The van der Waals surface area contributed by atoms with Gasteiger partial charge >= 0.3 is 0 Å². The summed E-state index contributed by atoms with van der Waals surface area (Å²) in [7, 11) is 0. The van der Waals surface area contributed by atoms with Gasteiger partial charge in [-0.2, -0.15) is 0 Å². The molecular weight excluding hydrogens is 196 g/mol. The van der Waals surface area contributed by atoms with Gasteiger partial charge in [0.25, 0.3) is 0 Å². The van der Waals surface area contributed by atoms with Crippen molar-refractivity contribution in [3.63, 3.8) is 0 Å². The Morgan fingerprint density at radius 2 is 2.00 bits per heavy atom. The summed E-state index contributed by atoms with van der Waals surface area (Å²) in [5.41, 5.74) is 0. The molecule has 2 atom stereocenters. The minimum atomic E-state index is 0.752. The molecule has 2 heteroatoms. The molecule has 1 aliphatic carbocycles. The van der Waals surface area contributed by atoms with E-state index in [1.807, 2.05) is 0 Å². The number of nitrogens with one attached hydrogen (secondary N) is 1. The molecule has 0 aromatic heterocycles. The highest BCUT2D eigenvalue weighted by Gasteiger charge is 2.35. The lowest BCUT2D eigenvalue weighted by atomic mass is 9.91. The van der Waals surface area contributed by atoms with Crippen LogP contribution in [0.15, 0.2) is 0 Å². The highest BCUT2D eigenvalue weighted by atomic mass is 15.2. The fraction of sp³-hybridized carbons (Fsp3) is 1.00. The zero-order valence-corrected chi connectivity index (χ0v) is 11.2. The lowest BCUT2D eigenvalue weighted by Gasteiger charge is -2.38. The molecule has 1 N–H and O–H groups in total. The second kappa shape index (κ2) is 5.50. The van der Waals surface area contributed by atoms with E-state index in [4.69, 9.17) is 0 Å². The Morgan fingerprint density at radius 1 is 1.25 bits per heavy atom. The van der Waals surface area contributed by atoms with Gasteiger partial charge in [0.05, 0.1) is 0 Å². The van der Waals surface area contributed by atoms with E-state index in [0.717, 1.165) is 23.9 Å². The molecule has 0 aromatic rings. The summed E-state index contributed by atoms with van der Waals surface area (Å²) in [6.07, 6.45) is 5.65. The SMILES string of the molecule is CCC1CC(NCC(C)C)CN(C2CC2)C1. The van der Waals surface area contributed by atoms with Crippen molar-refractivity contribution >= 4 is 0 Å². The van der Waals surface area contributed by atoms with Crippen LogP contribution in [-0.4, -0.2) is 36.6 Å². The standard InChI is InChI=1S/C14H28N2/c1-4-12-7-13(15-8-11(2)3)10-16(9-12)14-5-6-14/h11-15H,4-10H2,1-3H3. The Bertz CT molecular complexity index is 211. The van der Waals surface area contributed by atoms with Gasteiger partial charge in [0.15, 0.2) is 0 Å². The largest absolute Gasteiger partial charge is 0.312 e. The van der Waals surface area contributed by atoms with Crippen molar-refractivity contribution in [3.05, 3.63) is 0 Å². The van der Waals surface area contributed by atoms with Crippen molar-refractivity contribution in [2.75, 3.05) is 19.6 Å². The molecule has 1 saturated carbocycles. The van der Waals surface area contributed by atoms with E-state index >= 15 is 0 Å². The maximum Gasteiger partial charge on any atom is 0.0198 e. The summed E-state index contributed by atoms with van der Waals surface area (Å²) in [6, 6.07) is 1.69. The Kier molecular flexibility index (Phi) is 4.26. The number of piperidine rings is 1. The van der Waals surface area contributed by atoms with Crippen LogP contribution in [0.25, 0.3) is 0 Å². The Hall–Kier alpha value is -0.0800. The maximum atomic E-state index is 3.76. The van der Waals surface area contributed by atoms with Crippen LogP contribution in [0.4, 0.5) is 0 Å². The van der Waals surface area contributed by atoms with Crippen LogP contribution in [0.3, 0.4) is 0 Å². The second-order valence-electron chi connectivity index (χ2n) is 6.19. The fourth-order valence-electron chi connectivity index (χ4n) is 2.82. The van der Waals surface area contributed by atoms with E-state index in [1.54, 1.807) is 0 Å². The molecule has 0 bridgehead atoms. The van der Waals surface area contributed by atoms with Crippen molar-refractivity contribution in [1.82, 2.24) is 10.2 Å². The van der Waals surface area contributed by atoms with Crippen LogP contribution < -0.4 is 5.32 Å². The van der Waals surface area contributed by atoms with E-state index in [-0.39, 0.29) is 0 Å². The maximum absolute atomic E-state index is 3.76. The topological polar surface area (TPSA) is 15.3 Å². The van der Waals surface area contributed by atoms with Gasteiger partial charge in [-0.1, -0.05) is 27.2 Å². The first-order valence-electron chi connectivity index (χ1n) is 7.16. The molecule has 0 radical (unpaired) electrons. The van der Waals surface area contributed by atoms with Crippen LogP contribution in [0.2, 0.25) is 0 Å². The first kappa shape index (κ1) is 12.4. The van der Waals surface area contributed by atoms with Crippen molar-refractivity contribution in [2.24, 2.45) is 11.8 Å². The molecule has 2 unspecified atom stereocenters. The van der Waals surface area contributed by atoms with Crippen molar-refractivity contribution in [1.29, 1.82) is 0 Å². The summed E-state index contributed by atoms with van der Waals surface area (Å²) in [4.78, 5) is 2.75. The highest BCUT2D eigenvalue weighted by Crippen LogP contribution is 2.31. The predicted octanol–water partition coefficient (Wildman–Crippen LogP) is 2.49. The Labute approximate surface area is 101 Å². The summed E-state index contributed by atoms with van der Waals surface area (Å²) < 4.78 is 0. The molecule has 2 fully saturated rings. The third kappa shape index (κ3) is 3.46. The van der Waals surface area contributed by atoms with Gasteiger partial charge in [-0.05, 0) is 37.6 Å². The van der Waals surface area contributed by atoms with Crippen LogP contribution in [0.1, 0.15) is 46.5 Å². The van der Waals surface area contributed by atoms with Crippen molar-refractivity contribution in [2.45, 2.75) is 58.5 Å². The summed E-state index contributed by atoms with van der Waals surface area (Å²) >= 11 is 0. The highest BCUT2D eigenvalue weighted by molar-refractivity contribution is 4.92. The average molecular weight is 224 g/mol. The summed E-state index contributed by atoms with van der Waals surface area (Å²) in [5.74, 6) is 1.70. The molecule has 0 aromatic carbocycles. The van der Waals surface area contributed by atoms with Gasteiger partial charge in [0.2, 0.25) is 0 Å². The molecule has 1 aliphatic heterocycles. The molecule has 2 rings (SSSR count). The number of hydrogen-bond acceptors (Lipinski definition) is 2. The molecule has 94 valence electrons. The zero-order chi connectivity index (χ0) is 11.5. The van der Waals surface area contributed by atoms with Gasteiger partial charge in [0, 0.05) is 25.2 Å². The summed E-state index contributed by atoms with van der Waals surface area (Å²) in [5, 5.41) is 3.76. The molecule has 2 aliphatic rings. The third-order valence-corrected chi connectivity index (χ3v) is 4.02. The van der Waals surface area contributed by atoms with Gasteiger partial charge < -0.3 is 5.32 Å². The molecule has 0 spiro atoms. The number of nitrogens with zero attached hydrogens (tertiary/aromatic N) is 1. The smallest absolute Gasteiger partial charge is 0.0198 e. The molecule has 2 nitrogen and oxygen atoms in total. The van der Waals surface area contributed by atoms with Crippen LogP contribution in [-0.2, 0) is 0 Å². The van der Waals surface area contributed by atoms with E-state index in [0.29, 0.717) is 0 Å². The monoisotopic (exact) mass is 224 g/mol. The summed E-state index contributed by atoms with van der Waals surface area (Å²) in [6.45, 7) is 10.8. The van der Waals surface area contributed by atoms with Crippen LogP contribution >= 0.6 is 0 Å². The lowest BCUT2D eigenvalue weighted by Crippen LogP contribution is -2.50. The van der Waals surface area contributed by atoms with Gasteiger partial charge in [-0.15, -0.1) is 0 Å². The normalized spacial score (nSPS) is 32.2. The van der Waals surface area contributed by atoms with Crippen molar-refractivity contribution < 1.29 is 0 Å². The van der Waals surface area contributed by atoms with E-state index < -0.39 is 0 Å². The predicted molar refractivity (Wildman–Crippen MR) is 69.6 cm³/mol. The number of hydrogen-bond donors (Lipinski definition) is 1. The molecule has 16 heavy (non-hydrogen) atoms.